The van der Waals surface area contributed by atoms with Gasteiger partial charge in [0, 0.05) is 13.0 Å². The highest BCUT2D eigenvalue weighted by Crippen LogP contribution is 2.32. The normalized spacial score (nSPS) is 11.5. The number of esters is 1. The second kappa shape index (κ2) is 8.33. The molecule has 0 atom stereocenters. The van der Waals surface area contributed by atoms with Gasteiger partial charge in [0.25, 0.3) is 0 Å². The van der Waals surface area contributed by atoms with Crippen molar-refractivity contribution < 1.29 is 14.6 Å². The zero-order chi connectivity index (χ0) is 16.9. The Morgan fingerprint density at radius 2 is 1.50 bits per heavy atom. The van der Waals surface area contributed by atoms with E-state index in [2.05, 4.69) is 53.7 Å². The van der Waals surface area contributed by atoms with Gasteiger partial charge in [-0.25, -0.2) is 4.79 Å². The van der Waals surface area contributed by atoms with E-state index >= 15 is 0 Å². The molecule has 22 heavy (non-hydrogen) atoms. The molecule has 124 valence electrons. The third kappa shape index (κ3) is 4.57. The highest BCUT2D eigenvalue weighted by molar-refractivity contribution is 5.93. The molecule has 1 N–H and O–H groups in total. The first-order valence-electron chi connectivity index (χ1n) is 8.25. The van der Waals surface area contributed by atoms with Crippen molar-refractivity contribution in [2.45, 2.75) is 65.7 Å². The van der Waals surface area contributed by atoms with Crippen LogP contribution in [-0.2, 0) is 4.74 Å². The first-order valence-corrected chi connectivity index (χ1v) is 8.25. The third-order valence-electron chi connectivity index (χ3n) is 3.87. The number of hydrogen-bond acceptors (Lipinski definition) is 3. The molecule has 3 heteroatoms. The second-order valence-corrected chi connectivity index (χ2v) is 6.75. The van der Waals surface area contributed by atoms with Crippen LogP contribution in [0.15, 0.2) is 12.1 Å². The number of hydrogen-bond donors (Lipinski definition) is 1. The van der Waals surface area contributed by atoms with E-state index in [4.69, 9.17) is 9.84 Å². The zero-order valence-electron chi connectivity index (χ0n) is 14.8. The second-order valence-electron chi connectivity index (χ2n) is 6.75. The lowest BCUT2D eigenvalue weighted by Crippen LogP contribution is -2.15. The Labute approximate surface area is 134 Å². The summed E-state index contributed by atoms with van der Waals surface area (Å²) in [7, 11) is 0. The number of carbonyl (C=O) groups excluding carboxylic acids is 1. The van der Waals surface area contributed by atoms with Crippen molar-refractivity contribution in [1.29, 1.82) is 0 Å². The molecule has 1 aromatic carbocycles. The van der Waals surface area contributed by atoms with Gasteiger partial charge in [0.1, 0.15) is 0 Å². The average molecular weight is 306 g/mol. The van der Waals surface area contributed by atoms with Crippen molar-refractivity contribution in [2.24, 2.45) is 0 Å². The van der Waals surface area contributed by atoms with Gasteiger partial charge in [-0.05, 0) is 34.4 Å². The van der Waals surface area contributed by atoms with Gasteiger partial charge in [-0.1, -0.05) is 53.7 Å². The summed E-state index contributed by atoms with van der Waals surface area (Å²) < 4.78 is 5.35. The van der Waals surface area contributed by atoms with Crippen molar-refractivity contribution in [1.82, 2.24) is 0 Å². The van der Waals surface area contributed by atoms with E-state index < -0.39 is 0 Å². The fraction of sp³-hybridized carbons (Fsp3) is 0.632. The molecular formula is C19H30O3. The van der Waals surface area contributed by atoms with E-state index in [-0.39, 0.29) is 31.0 Å². The minimum Gasteiger partial charge on any atom is -0.462 e. The van der Waals surface area contributed by atoms with Gasteiger partial charge < -0.3 is 9.84 Å². The van der Waals surface area contributed by atoms with E-state index in [0.29, 0.717) is 17.9 Å². The standard InChI is InChI=1S/C19H30O3/c1-12(2)15-10-16(13(3)4)18(17(11-15)14(5)6)19(21)22-9-7-8-20/h10-14,20H,7-9H2,1-6H3. The van der Waals surface area contributed by atoms with Crippen LogP contribution in [0.1, 0.15) is 92.8 Å². The molecule has 0 aromatic heterocycles. The van der Waals surface area contributed by atoms with Crippen LogP contribution in [0.5, 0.6) is 0 Å². The van der Waals surface area contributed by atoms with Crippen molar-refractivity contribution in [3.8, 4) is 0 Å². The predicted octanol–water partition coefficient (Wildman–Crippen LogP) is 4.60. The van der Waals surface area contributed by atoms with Crippen molar-refractivity contribution in [3.05, 3.63) is 34.4 Å². The molecule has 0 saturated carbocycles. The van der Waals surface area contributed by atoms with Crippen molar-refractivity contribution >= 4 is 5.97 Å². The zero-order valence-corrected chi connectivity index (χ0v) is 14.8. The minimum atomic E-state index is -0.267. The number of carbonyl (C=O) groups is 1. The van der Waals surface area contributed by atoms with Crippen LogP contribution in [0.25, 0.3) is 0 Å². The highest BCUT2D eigenvalue weighted by atomic mass is 16.5. The smallest absolute Gasteiger partial charge is 0.338 e. The van der Waals surface area contributed by atoms with Crippen molar-refractivity contribution in [2.75, 3.05) is 13.2 Å². The lowest BCUT2D eigenvalue weighted by atomic mass is 9.84. The SMILES string of the molecule is CC(C)c1cc(C(C)C)c(C(=O)OCCCO)c(C(C)C)c1. The van der Waals surface area contributed by atoms with E-state index in [1.54, 1.807) is 0 Å². The Hall–Kier alpha value is -1.35. The monoisotopic (exact) mass is 306 g/mol. The highest BCUT2D eigenvalue weighted by Gasteiger charge is 2.23. The summed E-state index contributed by atoms with van der Waals surface area (Å²) >= 11 is 0. The van der Waals surface area contributed by atoms with Crippen LogP contribution < -0.4 is 0 Å². The van der Waals surface area contributed by atoms with Crippen molar-refractivity contribution in [3.63, 3.8) is 0 Å². The van der Waals surface area contributed by atoms with Crippen LogP contribution in [0.2, 0.25) is 0 Å². The molecular weight excluding hydrogens is 276 g/mol. The molecule has 0 fully saturated rings. The average Bonchev–Trinajstić information content (AvgIpc) is 2.45. The van der Waals surface area contributed by atoms with E-state index in [1.165, 1.54) is 5.56 Å². The van der Waals surface area contributed by atoms with Gasteiger partial charge in [-0.3, -0.25) is 0 Å². The van der Waals surface area contributed by atoms with Crippen LogP contribution >= 0.6 is 0 Å². The maximum Gasteiger partial charge on any atom is 0.338 e. The summed E-state index contributed by atoms with van der Waals surface area (Å²) in [5.41, 5.74) is 4.10. The van der Waals surface area contributed by atoms with Gasteiger partial charge in [-0.15, -0.1) is 0 Å². The van der Waals surface area contributed by atoms with E-state index in [0.717, 1.165) is 11.1 Å². The molecule has 0 bridgehead atoms. The molecule has 0 aliphatic heterocycles. The molecule has 0 aliphatic rings. The van der Waals surface area contributed by atoms with E-state index in [9.17, 15) is 4.79 Å². The van der Waals surface area contributed by atoms with Gasteiger partial charge in [0.15, 0.2) is 0 Å². The largest absolute Gasteiger partial charge is 0.462 e. The first kappa shape index (κ1) is 18.7. The number of benzene rings is 1. The molecule has 0 saturated heterocycles. The molecule has 3 nitrogen and oxygen atoms in total. The minimum absolute atomic E-state index is 0.0354. The molecule has 0 radical (unpaired) electrons. The maximum absolute atomic E-state index is 12.5. The van der Waals surface area contributed by atoms with Gasteiger partial charge >= 0.3 is 5.97 Å². The number of rotatable bonds is 7. The molecule has 0 aliphatic carbocycles. The molecule has 0 heterocycles. The Kier molecular flexibility index (Phi) is 7.08. The summed E-state index contributed by atoms with van der Waals surface area (Å²) in [5, 5.41) is 8.84. The topological polar surface area (TPSA) is 46.5 Å². The molecule has 1 aromatic rings. The third-order valence-corrected chi connectivity index (χ3v) is 3.87. The quantitative estimate of drug-likeness (QED) is 0.591. The predicted molar refractivity (Wildman–Crippen MR) is 90.7 cm³/mol. The summed E-state index contributed by atoms with van der Waals surface area (Å²) in [6.45, 7) is 13.1. The molecule has 0 unspecified atom stereocenters. The Balaban J connectivity index is 3.35. The van der Waals surface area contributed by atoms with Crippen LogP contribution in [0.4, 0.5) is 0 Å². The molecule has 0 spiro atoms. The van der Waals surface area contributed by atoms with Gasteiger partial charge in [0.05, 0.1) is 12.2 Å². The lowest BCUT2D eigenvalue weighted by molar-refractivity contribution is 0.0478. The fourth-order valence-electron chi connectivity index (χ4n) is 2.49. The molecule has 1 rings (SSSR count). The number of aliphatic hydroxyl groups excluding tert-OH is 1. The van der Waals surface area contributed by atoms with Gasteiger partial charge in [0.2, 0.25) is 0 Å². The van der Waals surface area contributed by atoms with Crippen LogP contribution in [0, 0.1) is 0 Å². The number of aliphatic hydroxyl groups is 1. The van der Waals surface area contributed by atoms with Gasteiger partial charge in [-0.2, -0.15) is 0 Å². The summed E-state index contributed by atoms with van der Waals surface area (Å²) in [4.78, 5) is 12.5. The lowest BCUT2D eigenvalue weighted by Gasteiger charge is -2.21. The first-order chi connectivity index (χ1) is 10.3. The van der Waals surface area contributed by atoms with Crippen LogP contribution in [0.3, 0.4) is 0 Å². The van der Waals surface area contributed by atoms with E-state index in [1.807, 2.05) is 0 Å². The molecule has 0 amide bonds. The summed E-state index contributed by atoms with van der Waals surface area (Å²) in [6.07, 6.45) is 0.476. The maximum atomic E-state index is 12.5. The summed E-state index contributed by atoms with van der Waals surface area (Å²) in [5.74, 6) is 0.679. The Bertz CT molecular complexity index is 472. The van der Waals surface area contributed by atoms with Crippen LogP contribution in [-0.4, -0.2) is 24.3 Å². The summed E-state index contributed by atoms with van der Waals surface area (Å²) in [6, 6.07) is 4.29. The Morgan fingerprint density at radius 1 is 1.00 bits per heavy atom. The Morgan fingerprint density at radius 3 is 1.86 bits per heavy atom. The number of ether oxygens (including phenoxy) is 1. The fourth-order valence-corrected chi connectivity index (χ4v) is 2.49.